The van der Waals surface area contributed by atoms with Gasteiger partial charge in [0.05, 0.1) is 7.11 Å². The van der Waals surface area contributed by atoms with Crippen LogP contribution in [0.3, 0.4) is 0 Å². The lowest BCUT2D eigenvalue weighted by Crippen LogP contribution is -2.36. The first-order chi connectivity index (χ1) is 13.2. The van der Waals surface area contributed by atoms with Crippen LogP contribution in [-0.4, -0.2) is 43.5 Å². The van der Waals surface area contributed by atoms with Gasteiger partial charge in [-0.05, 0) is 49.6 Å². The fourth-order valence-corrected chi connectivity index (χ4v) is 4.09. The van der Waals surface area contributed by atoms with Crippen LogP contribution in [0.4, 0.5) is 5.69 Å². The molecule has 0 aliphatic heterocycles. The van der Waals surface area contributed by atoms with Gasteiger partial charge in [-0.1, -0.05) is 29.8 Å². The number of sulfone groups is 1. The maximum Gasteiger partial charge on any atom is 0.321 e. The summed E-state index contributed by atoms with van der Waals surface area (Å²) in [4.78, 5) is 23.6. The molecule has 2 aromatic carbocycles. The third-order valence-electron chi connectivity index (χ3n) is 4.23. The van der Waals surface area contributed by atoms with E-state index in [4.69, 9.17) is 4.74 Å². The number of aryl methyl sites for hydroxylation is 2. The number of rotatable bonds is 9. The van der Waals surface area contributed by atoms with Crippen LogP contribution in [0.2, 0.25) is 0 Å². The Bertz CT molecular complexity index is 920. The van der Waals surface area contributed by atoms with E-state index in [9.17, 15) is 23.1 Å². The number of carboxylic acids is 1. The minimum atomic E-state index is -4.17. The van der Waals surface area contributed by atoms with Gasteiger partial charge in [-0.2, -0.15) is 0 Å². The van der Waals surface area contributed by atoms with E-state index >= 15 is 0 Å². The summed E-state index contributed by atoms with van der Waals surface area (Å²) in [6.07, 6.45) is 0.188. The number of carbonyl (C=O) groups excluding carboxylic acids is 1. The molecule has 150 valence electrons. The highest BCUT2D eigenvalue weighted by Gasteiger charge is 2.34. The lowest BCUT2D eigenvalue weighted by Gasteiger charge is -2.14. The fraction of sp³-hybridized carbons (Fsp3) is 0.300. The Morgan fingerprint density at radius 1 is 1.07 bits per heavy atom. The van der Waals surface area contributed by atoms with E-state index in [1.807, 2.05) is 31.2 Å². The predicted octanol–water partition coefficient (Wildman–Crippen LogP) is 2.44. The quantitative estimate of drug-likeness (QED) is 0.663. The molecule has 1 atom stereocenters. The molecule has 0 radical (unpaired) electrons. The van der Waals surface area contributed by atoms with Crippen LogP contribution < -0.4 is 10.1 Å². The summed E-state index contributed by atoms with van der Waals surface area (Å²) >= 11 is 0. The largest absolute Gasteiger partial charge is 0.497 e. The molecule has 28 heavy (non-hydrogen) atoms. The molecule has 2 N–H and O–H groups in total. The van der Waals surface area contributed by atoms with Crippen LogP contribution in [-0.2, 0) is 25.8 Å². The molecule has 2 rings (SSSR count). The SMILES string of the molecule is COc1ccc(NC(=O)CS(=O)(=O)C(CCc2ccc(C)cc2)C(=O)O)cc1. The van der Waals surface area contributed by atoms with Gasteiger partial charge in [0.15, 0.2) is 15.1 Å². The molecule has 0 bridgehead atoms. The fourth-order valence-electron chi connectivity index (χ4n) is 2.66. The van der Waals surface area contributed by atoms with Crippen LogP contribution >= 0.6 is 0 Å². The van der Waals surface area contributed by atoms with E-state index in [1.54, 1.807) is 24.3 Å². The Hall–Kier alpha value is -2.87. The second kappa shape index (κ2) is 9.36. The molecule has 0 saturated carbocycles. The molecule has 0 heterocycles. The molecule has 0 spiro atoms. The van der Waals surface area contributed by atoms with Gasteiger partial charge >= 0.3 is 5.97 Å². The lowest BCUT2D eigenvalue weighted by molar-refractivity contribution is -0.136. The number of hydrogen-bond donors (Lipinski definition) is 2. The molecule has 0 aromatic heterocycles. The van der Waals surface area contributed by atoms with E-state index in [1.165, 1.54) is 7.11 Å². The van der Waals surface area contributed by atoms with Crippen molar-refractivity contribution >= 4 is 27.4 Å². The van der Waals surface area contributed by atoms with Crippen molar-refractivity contribution in [3.05, 3.63) is 59.7 Å². The second-order valence-corrected chi connectivity index (χ2v) is 8.62. The Labute approximate surface area is 164 Å². The smallest absolute Gasteiger partial charge is 0.321 e. The van der Waals surface area contributed by atoms with Crippen LogP contribution in [0.25, 0.3) is 0 Å². The molecule has 1 amide bonds. The van der Waals surface area contributed by atoms with Gasteiger partial charge in [0.2, 0.25) is 5.91 Å². The number of methoxy groups -OCH3 is 1. The predicted molar refractivity (Wildman–Crippen MR) is 106 cm³/mol. The van der Waals surface area contributed by atoms with Crippen molar-refractivity contribution in [2.75, 3.05) is 18.2 Å². The average molecular weight is 405 g/mol. The molecular formula is C20H23NO6S. The van der Waals surface area contributed by atoms with Gasteiger partial charge in [0.1, 0.15) is 11.5 Å². The second-order valence-electron chi connectivity index (χ2n) is 6.44. The van der Waals surface area contributed by atoms with Crippen molar-refractivity contribution in [1.82, 2.24) is 0 Å². The van der Waals surface area contributed by atoms with Crippen molar-refractivity contribution in [3.63, 3.8) is 0 Å². The molecule has 0 saturated heterocycles. The third kappa shape index (κ3) is 6.09. The number of benzene rings is 2. The molecule has 0 aliphatic carbocycles. The Balaban J connectivity index is 2.02. The van der Waals surface area contributed by atoms with Gasteiger partial charge in [-0.15, -0.1) is 0 Å². The van der Waals surface area contributed by atoms with Crippen LogP contribution in [0, 0.1) is 6.92 Å². The zero-order chi connectivity index (χ0) is 20.7. The number of anilines is 1. The van der Waals surface area contributed by atoms with Crippen molar-refractivity contribution in [2.24, 2.45) is 0 Å². The van der Waals surface area contributed by atoms with Gasteiger partial charge in [-0.3, -0.25) is 9.59 Å². The summed E-state index contributed by atoms with van der Waals surface area (Å²) in [5.41, 5.74) is 2.30. The Morgan fingerprint density at radius 3 is 2.21 bits per heavy atom. The number of nitrogens with one attached hydrogen (secondary N) is 1. The number of hydrogen-bond acceptors (Lipinski definition) is 5. The first-order valence-corrected chi connectivity index (χ1v) is 10.4. The maximum absolute atomic E-state index is 12.5. The molecule has 0 aliphatic rings. The van der Waals surface area contributed by atoms with E-state index in [0.29, 0.717) is 11.4 Å². The normalized spacial score (nSPS) is 12.2. The number of ether oxygens (including phenoxy) is 1. The Kier molecular flexibility index (Phi) is 7.17. The number of amides is 1. The summed E-state index contributed by atoms with van der Waals surface area (Å²) in [6, 6.07) is 13.8. The van der Waals surface area contributed by atoms with Gasteiger partial charge in [0.25, 0.3) is 0 Å². The standard InChI is InChI=1S/C20H23NO6S/c1-14-3-5-15(6-4-14)7-12-18(20(23)24)28(25,26)13-19(22)21-16-8-10-17(27-2)11-9-16/h3-6,8-11,18H,7,12-13H2,1-2H3,(H,21,22)(H,23,24). The molecular weight excluding hydrogens is 382 g/mol. The van der Waals surface area contributed by atoms with Crippen molar-refractivity contribution in [1.29, 1.82) is 0 Å². The zero-order valence-corrected chi connectivity index (χ0v) is 16.5. The number of carbonyl (C=O) groups is 2. The minimum absolute atomic E-state index is 0.101. The van der Waals surface area contributed by atoms with Crippen molar-refractivity contribution in [3.8, 4) is 5.75 Å². The lowest BCUT2D eigenvalue weighted by atomic mass is 10.1. The van der Waals surface area contributed by atoms with Crippen molar-refractivity contribution in [2.45, 2.75) is 25.0 Å². The first-order valence-electron chi connectivity index (χ1n) is 8.65. The van der Waals surface area contributed by atoms with Gasteiger partial charge in [-0.25, -0.2) is 8.42 Å². The van der Waals surface area contributed by atoms with E-state index < -0.39 is 32.7 Å². The Morgan fingerprint density at radius 2 is 1.68 bits per heavy atom. The first kappa shape index (κ1) is 21.4. The minimum Gasteiger partial charge on any atom is -0.497 e. The molecule has 8 heteroatoms. The van der Waals surface area contributed by atoms with Gasteiger partial charge in [0, 0.05) is 5.69 Å². The highest BCUT2D eigenvalue weighted by Crippen LogP contribution is 2.17. The van der Waals surface area contributed by atoms with Crippen LogP contribution in [0.1, 0.15) is 17.5 Å². The summed E-state index contributed by atoms with van der Waals surface area (Å²) < 4.78 is 30.0. The topological polar surface area (TPSA) is 110 Å². The maximum atomic E-state index is 12.5. The van der Waals surface area contributed by atoms with E-state index in [-0.39, 0.29) is 12.8 Å². The summed E-state index contributed by atoms with van der Waals surface area (Å²) in [6.45, 7) is 1.93. The summed E-state index contributed by atoms with van der Waals surface area (Å²) in [7, 11) is -2.67. The average Bonchev–Trinajstić information content (AvgIpc) is 2.63. The molecule has 7 nitrogen and oxygen atoms in total. The van der Waals surface area contributed by atoms with E-state index in [0.717, 1.165) is 11.1 Å². The zero-order valence-electron chi connectivity index (χ0n) is 15.7. The highest BCUT2D eigenvalue weighted by molar-refractivity contribution is 7.93. The summed E-state index contributed by atoms with van der Waals surface area (Å²) in [5, 5.41) is 10.2. The monoisotopic (exact) mass is 405 g/mol. The molecule has 1 unspecified atom stereocenters. The summed E-state index contributed by atoms with van der Waals surface area (Å²) in [5.74, 6) is -2.55. The number of aliphatic carboxylic acids is 1. The number of carboxylic acid groups (broad SMARTS) is 1. The third-order valence-corrected chi connectivity index (χ3v) is 6.20. The highest BCUT2D eigenvalue weighted by atomic mass is 32.2. The molecule has 2 aromatic rings. The molecule has 0 fully saturated rings. The van der Waals surface area contributed by atoms with Gasteiger partial charge < -0.3 is 15.2 Å². The van der Waals surface area contributed by atoms with Crippen LogP contribution in [0.15, 0.2) is 48.5 Å². The van der Waals surface area contributed by atoms with E-state index in [2.05, 4.69) is 5.32 Å². The van der Waals surface area contributed by atoms with Crippen LogP contribution in [0.5, 0.6) is 5.75 Å². The van der Waals surface area contributed by atoms with Crippen molar-refractivity contribution < 1.29 is 27.9 Å².